The fourth-order valence-corrected chi connectivity index (χ4v) is 1.33. The van der Waals surface area contributed by atoms with E-state index in [1.807, 2.05) is 37.3 Å². The summed E-state index contributed by atoms with van der Waals surface area (Å²) >= 11 is 4.88. The largest absolute Gasteiger partial charge is 0.355 e. The lowest BCUT2D eigenvalue weighted by atomic mass is 10.1. The van der Waals surface area contributed by atoms with Crippen LogP contribution in [0.3, 0.4) is 0 Å². The molecule has 0 aromatic heterocycles. The van der Waals surface area contributed by atoms with Gasteiger partial charge >= 0.3 is 0 Å². The highest BCUT2D eigenvalue weighted by atomic mass is 32.1. The smallest absolute Gasteiger partial charge is 0.183 e. The van der Waals surface area contributed by atoms with E-state index in [1.54, 1.807) is 6.19 Å². The van der Waals surface area contributed by atoms with Crippen LogP contribution in [0.2, 0.25) is 0 Å². The van der Waals surface area contributed by atoms with Crippen molar-refractivity contribution in [3.05, 3.63) is 35.9 Å². The second kappa shape index (κ2) is 5.20. The van der Waals surface area contributed by atoms with Gasteiger partial charge in [-0.3, -0.25) is 5.32 Å². The van der Waals surface area contributed by atoms with Crippen molar-refractivity contribution in [2.24, 2.45) is 0 Å². The van der Waals surface area contributed by atoms with Crippen molar-refractivity contribution in [2.45, 2.75) is 13.0 Å². The predicted molar refractivity (Wildman–Crippen MR) is 59.3 cm³/mol. The van der Waals surface area contributed by atoms with Gasteiger partial charge in [-0.05, 0) is 24.7 Å². The third-order valence-electron chi connectivity index (χ3n) is 1.82. The van der Waals surface area contributed by atoms with Crippen LogP contribution in [-0.4, -0.2) is 5.11 Å². The molecular formula is C10H11N3S. The average molecular weight is 205 g/mol. The number of thiocarbonyl (C=S) groups is 1. The molecule has 0 saturated heterocycles. The SMILES string of the molecule is C[C@H](NC(=S)NC#N)c1ccccc1. The molecule has 1 aromatic rings. The number of nitrogens with zero attached hydrogens (tertiary/aromatic N) is 1. The van der Waals surface area contributed by atoms with Gasteiger partial charge in [-0.15, -0.1) is 0 Å². The minimum Gasteiger partial charge on any atom is -0.355 e. The predicted octanol–water partition coefficient (Wildman–Crippen LogP) is 1.69. The van der Waals surface area contributed by atoms with Crippen LogP contribution in [-0.2, 0) is 0 Å². The van der Waals surface area contributed by atoms with E-state index in [9.17, 15) is 0 Å². The van der Waals surface area contributed by atoms with Crippen molar-refractivity contribution in [2.75, 3.05) is 0 Å². The zero-order valence-corrected chi connectivity index (χ0v) is 8.64. The number of rotatable bonds is 2. The van der Waals surface area contributed by atoms with Gasteiger partial charge in [-0.25, -0.2) is 0 Å². The molecule has 0 unspecified atom stereocenters. The van der Waals surface area contributed by atoms with Gasteiger partial charge in [0, 0.05) is 0 Å². The minimum atomic E-state index is 0.101. The number of hydrogen-bond donors (Lipinski definition) is 2. The van der Waals surface area contributed by atoms with Gasteiger partial charge in [0.2, 0.25) is 0 Å². The van der Waals surface area contributed by atoms with E-state index in [0.29, 0.717) is 5.11 Å². The highest BCUT2D eigenvalue weighted by Crippen LogP contribution is 2.10. The summed E-state index contributed by atoms with van der Waals surface area (Å²) in [5.74, 6) is 0. The van der Waals surface area contributed by atoms with E-state index in [0.717, 1.165) is 5.56 Å². The third-order valence-corrected chi connectivity index (χ3v) is 2.04. The zero-order chi connectivity index (χ0) is 10.4. The fraction of sp³-hybridized carbons (Fsp3) is 0.200. The Balaban J connectivity index is 2.56. The Morgan fingerprint density at radius 3 is 2.64 bits per heavy atom. The topological polar surface area (TPSA) is 47.8 Å². The van der Waals surface area contributed by atoms with Crippen molar-refractivity contribution in [1.82, 2.24) is 10.6 Å². The van der Waals surface area contributed by atoms with Crippen LogP contribution in [0.5, 0.6) is 0 Å². The molecule has 3 nitrogen and oxygen atoms in total. The Morgan fingerprint density at radius 2 is 2.07 bits per heavy atom. The maximum Gasteiger partial charge on any atom is 0.183 e. The standard InChI is InChI=1S/C10H11N3S/c1-8(13-10(14)12-7-11)9-5-3-2-4-6-9/h2-6,8H,1H3,(H2,12,13,14)/t8-/m0/s1. The van der Waals surface area contributed by atoms with Crippen LogP contribution in [0.4, 0.5) is 0 Å². The molecule has 14 heavy (non-hydrogen) atoms. The molecule has 0 saturated carbocycles. The molecule has 0 aliphatic rings. The van der Waals surface area contributed by atoms with Gasteiger partial charge in [0.1, 0.15) is 0 Å². The molecule has 1 rings (SSSR count). The molecule has 4 heteroatoms. The summed E-state index contributed by atoms with van der Waals surface area (Å²) in [7, 11) is 0. The van der Waals surface area contributed by atoms with Crippen LogP contribution in [0, 0.1) is 11.5 Å². The molecule has 2 N–H and O–H groups in total. The van der Waals surface area contributed by atoms with E-state index in [2.05, 4.69) is 10.6 Å². The van der Waals surface area contributed by atoms with Crippen molar-refractivity contribution in [3.8, 4) is 6.19 Å². The molecule has 0 heterocycles. The maximum atomic E-state index is 8.33. The summed E-state index contributed by atoms with van der Waals surface area (Å²) in [5.41, 5.74) is 1.13. The summed E-state index contributed by atoms with van der Waals surface area (Å²) in [6.07, 6.45) is 1.77. The molecule has 0 amide bonds. The molecule has 0 bridgehead atoms. The maximum absolute atomic E-state index is 8.33. The average Bonchev–Trinajstić information content (AvgIpc) is 2.19. The lowest BCUT2D eigenvalue weighted by molar-refractivity contribution is 0.713. The van der Waals surface area contributed by atoms with Crippen molar-refractivity contribution in [1.29, 1.82) is 5.26 Å². The summed E-state index contributed by atoms with van der Waals surface area (Å²) in [5, 5.41) is 14.0. The second-order valence-corrected chi connectivity index (χ2v) is 3.25. The lowest BCUT2D eigenvalue weighted by Gasteiger charge is -2.14. The monoisotopic (exact) mass is 205 g/mol. The van der Waals surface area contributed by atoms with Gasteiger partial charge in [0.05, 0.1) is 6.04 Å². The lowest BCUT2D eigenvalue weighted by Crippen LogP contribution is -2.33. The van der Waals surface area contributed by atoms with Gasteiger partial charge in [-0.2, -0.15) is 5.26 Å². The highest BCUT2D eigenvalue weighted by Gasteiger charge is 2.04. The van der Waals surface area contributed by atoms with Gasteiger partial charge in [0.25, 0.3) is 0 Å². The first-order valence-corrected chi connectivity index (χ1v) is 4.65. The number of hydrogen-bond acceptors (Lipinski definition) is 2. The fourth-order valence-electron chi connectivity index (χ4n) is 1.11. The number of benzene rings is 1. The normalized spacial score (nSPS) is 11.1. The summed E-state index contributed by atoms with van der Waals surface area (Å²) in [6, 6.07) is 10.0. The van der Waals surface area contributed by atoms with Crippen LogP contribution in [0.15, 0.2) is 30.3 Å². The molecule has 0 fully saturated rings. The first kappa shape index (κ1) is 10.5. The summed E-state index contributed by atoms with van der Waals surface area (Å²) in [4.78, 5) is 0. The van der Waals surface area contributed by atoms with E-state index >= 15 is 0 Å². The second-order valence-electron chi connectivity index (χ2n) is 2.84. The Bertz CT molecular complexity index is 342. The molecule has 72 valence electrons. The molecular weight excluding hydrogens is 194 g/mol. The van der Waals surface area contributed by atoms with Crippen molar-refractivity contribution >= 4 is 17.3 Å². The van der Waals surface area contributed by atoms with Crippen LogP contribution in [0.1, 0.15) is 18.5 Å². The Labute approximate surface area is 88.7 Å². The van der Waals surface area contributed by atoms with Crippen molar-refractivity contribution < 1.29 is 0 Å². The zero-order valence-electron chi connectivity index (χ0n) is 7.82. The van der Waals surface area contributed by atoms with E-state index < -0.39 is 0 Å². The third kappa shape index (κ3) is 3.04. The molecule has 1 aromatic carbocycles. The van der Waals surface area contributed by atoms with Gasteiger partial charge in [-0.1, -0.05) is 30.3 Å². The number of nitrogens with one attached hydrogen (secondary N) is 2. The van der Waals surface area contributed by atoms with E-state index in [1.165, 1.54) is 0 Å². The minimum absolute atomic E-state index is 0.101. The highest BCUT2D eigenvalue weighted by molar-refractivity contribution is 7.80. The first-order valence-electron chi connectivity index (χ1n) is 4.24. The molecule has 1 atom stereocenters. The van der Waals surface area contributed by atoms with Crippen LogP contribution >= 0.6 is 12.2 Å². The molecule has 0 aliphatic carbocycles. The van der Waals surface area contributed by atoms with Crippen LogP contribution < -0.4 is 10.6 Å². The quantitative estimate of drug-likeness (QED) is 0.438. The number of nitriles is 1. The van der Waals surface area contributed by atoms with E-state index in [-0.39, 0.29) is 6.04 Å². The molecule has 0 radical (unpaired) electrons. The summed E-state index contributed by atoms with van der Waals surface area (Å²) in [6.45, 7) is 1.99. The summed E-state index contributed by atoms with van der Waals surface area (Å²) < 4.78 is 0. The van der Waals surface area contributed by atoms with Crippen LogP contribution in [0.25, 0.3) is 0 Å². The molecule has 0 aliphatic heterocycles. The first-order chi connectivity index (χ1) is 6.74. The van der Waals surface area contributed by atoms with Crippen molar-refractivity contribution in [3.63, 3.8) is 0 Å². The van der Waals surface area contributed by atoms with E-state index in [4.69, 9.17) is 17.5 Å². The van der Waals surface area contributed by atoms with Gasteiger partial charge < -0.3 is 5.32 Å². The Hall–Kier alpha value is -1.60. The Morgan fingerprint density at radius 1 is 1.43 bits per heavy atom. The molecule has 0 spiro atoms. The van der Waals surface area contributed by atoms with Gasteiger partial charge in [0.15, 0.2) is 11.3 Å². The Kier molecular flexibility index (Phi) is 3.89.